The van der Waals surface area contributed by atoms with Crippen LogP contribution >= 0.6 is 11.6 Å². The van der Waals surface area contributed by atoms with E-state index < -0.39 is 5.97 Å². The van der Waals surface area contributed by atoms with Crippen molar-refractivity contribution in [1.29, 1.82) is 0 Å². The van der Waals surface area contributed by atoms with Gasteiger partial charge in [-0.25, -0.2) is 4.79 Å². The first-order valence-electron chi connectivity index (χ1n) is 4.70. The summed E-state index contributed by atoms with van der Waals surface area (Å²) in [4.78, 5) is 21.5. The van der Waals surface area contributed by atoms with Gasteiger partial charge in [-0.15, -0.1) is 0 Å². The number of carbonyl (C=O) groups is 2. The summed E-state index contributed by atoms with van der Waals surface area (Å²) in [5, 5.41) is 0.286. The van der Waals surface area contributed by atoms with Crippen LogP contribution in [0.5, 0.6) is 5.75 Å². The largest absolute Gasteiger partial charge is 0.480 e. The van der Waals surface area contributed by atoms with E-state index in [0.717, 1.165) is 0 Å². The third-order valence-electron chi connectivity index (χ3n) is 1.74. The fourth-order valence-corrected chi connectivity index (χ4v) is 1.29. The molecule has 1 aromatic rings. The normalized spacial score (nSPS) is 9.62. The molecule has 0 saturated heterocycles. The molecule has 0 unspecified atom stereocenters. The summed E-state index contributed by atoms with van der Waals surface area (Å²) < 4.78 is 9.81. The maximum Gasteiger partial charge on any atom is 0.344 e. The predicted octanol–water partition coefficient (Wildman–Crippen LogP) is 2.09. The van der Waals surface area contributed by atoms with E-state index in [1.807, 2.05) is 0 Å². The third-order valence-corrected chi connectivity index (χ3v) is 2.04. The fraction of sp³-hybridized carbons (Fsp3) is 0.273. The van der Waals surface area contributed by atoms with E-state index in [1.165, 1.54) is 12.1 Å². The topological polar surface area (TPSA) is 52.6 Å². The van der Waals surface area contributed by atoms with Crippen molar-refractivity contribution in [2.75, 3.05) is 13.2 Å². The van der Waals surface area contributed by atoms with Gasteiger partial charge in [0.2, 0.25) is 0 Å². The van der Waals surface area contributed by atoms with Crippen molar-refractivity contribution in [3.63, 3.8) is 0 Å². The van der Waals surface area contributed by atoms with Crippen LogP contribution in [0.15, 0.2) is 18.2 Å². The molecule has 86 valence electrons. The Bertz CT molecular complexity index is 390. The van der Waals surface area contributed by atoms with Gasteiger partial charge in [0.1, 0.15) is 12.0 Å². The Morgan fingerprint density at radius 3 is 2.81 bits per heavy atom. The molecule has 0 amide bonds. The molecule has 5 heteroatoms. The second-order valence-corrected chi connectivity index (χ2v) is 3.31. The Morgan fingerprint density at radius 1 is 1.50 bits per heavy atom. The standard InChI is InChI=1S/C11H11ClO4/c1-2-15-11(14)7-16-10-4-3-8(6-13)5-9(10)12/h3-6H,2,7H2,1H3. The monoisotopic (exact) mass is 242 g/mol. The Balaban J connectivity index is 2.60. The third kappa shape index (κ3) is 3.55. The lowest BCUT2D eigenvalue weighted by atomic mass is 10.2. The average molecular weight is 243 g/mol. The van der Waals surface area contributed by atoms with Crippen LogP contribution in [0.3, 0.4) is 0 Å². The van der Waals surface area contributed by atoms with E-state index in [-0.39, 0.29) is 11.6 Å². The van der Waals surface area contributed by atoms with Crippen molar-refractivity contribution < 1.29 is 19.1 Å². The number of benzene rings is 1. The summed E-state index contributed by atoms with van der Waals surface area (Å²) in [5.41, 5.74) is 0.452. The highest BCUT2D eigenvalue weighted by atomic mass is 35.5. The molecule has 1 aromatic carbocycles. The molecule has 0 aliphatic carbocycles. The molecule has 0 fully saturated rings. The zero-order valence-corrected chi connectivity index (χ0v) is 9.49. The second-order valence-electron chi connectivity index (χ2n) is 2.90. The van der Waals surface area contributed by atoms with Gasteiger partial charge in [0, 0.05) is 5.56 Å². The quantitative estimate of drug-likeness (QED) is 0.586. The number of esters is 1. The summed E-state index contributed by atoms with van der Waals surface area (Å²) in [6.45, 7) is 1.82. The number of carbonyl (C=O) groups excluding carboxylic acids is 2. The Kier molecular flexibility index (Phi) is 4.79. The summed E-state index contributed by atoms with van der Waals surface area (Å²) in [5.74, 6) is -0.113. The number of hydrogen-bond acceptors (Lipinski definition) is 4. The highest BCUT2D eigenvalue weighted by Crippen LogP contribution is 2.24. The Labute approximate surface area is 98.1 Å². The van der Waals surface area contributed by atoms with Crippen LogP contribution in [0, 0.1) is 0 Å². The summed E-state index contributed by atoms with van der Waals surface area (Å²) in [7, 11) is 0. The van der Waals surface area contributed by atoms with E-state index in [1.54, 1.807) is 13.0 Å². The van der Waals surface area contributed by atoms with Crippen molar-refractivity contribution in [2.45, 2.75) is 6.92 Å². The van der Waals surface area contributed by atoms with Gasteiger partial charge in [0.05, 0.1) is 11.6 Å². The second kappa shape index (κ2) is 6.12. The molecule has 0 atom stereocenters. The fourth-order valence-electron chi connectivity index (χ4n) is 1.05. The molecule has 0 aliphatic heterocycles. The molecule has 1 rings (SSSR count). The van der Waals surface area contributed by atoms with E-state index in [2.05, 4.69) is 4.74 Å². The lowest BCUT2D eigenvalue weighted by Gasteiger charge is -2.07. The first-order valence-corrected chi connectivity index (χ1v) is 5.08. The number of halogens is 1. The molecule has 0 aliphatic rings. The smallest absolute Gasteiger partial charge is 0.344 e. The van der Waals surface area contributed by atoms with Gasteiger partial charge in [-0.1, -0.05) is 11.6 Å². The van der Waals surface area contributed by atoms with Gasteiger partial charge < -0.3 is 9.47 Å². The first kappa shape index (κ1) is 12.5. The van der Waals surface area contributed by atoms with E-state index in [9.17, 15) is 9.59 Å². The van der Waals surface area contributed by atoms with Gasteiger partial charge in [-0.05, 0) is 25.1 Å². The molecule has 0 radical (unpaired) electrons. The number of ether oxygens (including phenoxy) is 2. The maximum atomic E-state index is 11.0. The lowest BCUT2D eigenvalue weighted by Crippen LogP contribution is -2.14. The van der Waals surface area contributed by atoms with Gasteiger partial charge in [0.15, 0.2) is 6.61 Å². The molecule has 0 spiro atoms. The van der Waals surface area contributed by atoms with Crippen LogP contribution in [0.25, 0.3) is 0 Å². The molecule has 4 nitrogen and oxygen atoms in total. The van der Waals surface area contributed by atoms with Crippen molar-refractivity contribution in [2.24, 2.45) is 0 Å². The highest BCUT2D eigenvalue weighted by molar-refractivity contribution is 6.32. The molecule has 0 aromatic heterocycles. The van der Waals surface area contributed by atoms with Crippen molar-refractivity contribution >= 4 is 23.9 Å². The van der Waals surface area contributed by atoms with Crippen LogP contribution in [-0.2, 0) is 9.53 Å². The molecular weight excluding hydrogens is 232 g/mol. The number of aldehydes is 1. The summed E-state index contributed by atoms with van der Waals surface area (Å²) in [6.07, 6.45) is 0.682. The van der Waals surface area contributed by atoms with Gasteiger partial charge in [-0.2, -0.15) is 0 Å². The van der Waals surface area contributed by atoms with E-state index in [4.69, 9.17) is 16.3 Å². The van der Waals surface area contributed by atoms with E-state index in [0.29, 0.717) is 24.2 Å². The number of hydrogen-bond donors (Lipinski definition) is 0. The molecule has 0 saturated carbocycles. The highest BCUT2D eigenvalue weighted by Gasteiger charge is 2.06. The van der Waals surface area contributed by atoms with Crippen molar-refractivity contribution in [3.8, 4) is 5.75 Å². The predicted molar refractivity (Wildman–Crippen MR) is 59.0 cm³/mol. The molecule has 0 heterocycles. The van der Waals surface area contributed by atoms with Gasteiger partial charge in [-0.3, -0.25) is 4.79 Å². The Morgan fingerprint density at radius 2 is 2.25 bits per heavy atom. The van der Waals surface area contributed by atoms with Gasteiger partial charge in [0.25, 0.3) is 0 Å². The molecule has 16 heavy (non-hydrogen) atoms. The van der Waals surface area contributed by atoms with Crippen LogP contribution in [0.2, 0.25) is 5.02 Å². The first-order chi connectivity index (χ1) is 7.67. The van der Waals surface area contributed by atoms with E-state index >= 15 is 0 Å². The molecular formula is C11H11ClO4. The molecule has 0 N–H and O–H groups in total. The average Bonchev–Trinajstić information content (AvgIpc) is 2.27. The summed E-state index contributed by atoms with van der Waals surface area (Å²) >= 11 is 5.83. The Hall–Kier alpha value is -1.55. The van der Waals surface area contributed by atoms with Crippen LogP contribution < -0.4 is 4.74 Å². The molecule has 0 bridgehead atoms. The van der Waals surface area contributed by atoms with Crippen molar-refractivity contribution in [3.05, 3.63) is 28.8 Å². The minimum Gasteiger partial charge on any atom is -0.480 e. The van der Waals surface area contributed by atoms with Crippen LogP contribution in [0.4, 0.5) is 0 Å². The summed E-state index contributed by atoms with van der Waals surface area (Å²) in [6, 6.07) is 4.56. The zero-order valence-electron chi connectivity index (χ0n) is 8.73. The SMILES string of the molecule is CCOC(=O)COc1ccc(C=O)cc1Cl. The zero-order chi connectivity index (χ0) is 12.0. The van der Waals surface area contributed by atoms with Crippen LogP contribution in [0.1, 0.15) is 17.3 Å². The lowest BCUT2D eigenvalue weighted by molar-refractivity contribution is -0.145. The minimum absolute atomic E-state index is 0.200. The maximum absolute atomic E-state index is 11.0. The van der Waals surface area contributed by atoms with Gasteiger partial charge >= 0.3 is 5.97 Å². The minimum atomic E-state index is -0.460. The van der Waals surface area contributed by atoms with Crippen LogP contribution in [-0.4, -0.2) is 25.5 Å². The van der Waals surface area contributed by atoms with Crippen molar-refractivity contribution in [1.82, 2.24) is 0 Å². The number of rotatable bonds is 5.